The minimum Gasteiger partial charge on any atom is -0.368 e. The Bertz CT molecular complexity index is 631. The van der Waals surface area contributed by atoms with Crippen LogP contribution >= 0.6 is 0 Å². The van der Waals surface area contributed by atoms with Crippen molar-refractivity contribution >= 4 is 11.3 Å². The van der Waals surface area contributed by atoms with Gasteiger partial charge in [-0.1, -0.05) is 51.0 Å². The molecule has 3 aliphatic rings. The van der Waals surface area contributed by atoms with Crippen molar-refractivity contribution in [3.05, 3.63) is 35.9 Å². The molecule has 142 valence electrons. The molecule has 2 nitrogen and oxygen atoms in total. The van der Waals surface area contributed by atoms with Gasteiger partial charge in [0.25, 0.3) is 0 Å². The highest BCUT2D eigenvalue weighted by molar-refractivity contribution is 5.77. The Labute approximate surface area is 160 Å². The number of rotatable bonds is 6. The first-order valence-corrected chi connectivity index (χ1v) is 11.0. The number of para-hydroxylation sites is 1. The van der Waals surface area contributed by atoms with Crippen molar-refractivity contribution in [3.8, 4) is 0 Å². The Balaban J connectivity index is 1.46. The first-order chi connectivity index (χ1) is 12.7. The fraction of sp³-hybridized carbons (Fsp3) is 0.667. The quantitative estimate of drug-likeness (QED) is 0.658. The van der Waals surface area contributed by atoms with Gasteiger partial charge in [-0.2, -0.15) is 0 Å². The Morgan fingerprint density at radius 2 is 1.73 bits per heavy atom. The zero-order valence-corrected chi connectivity index (χ0v) is 16.8. The van der Waals surface area contributed by atoms with Gasteiger partial charge >= 0.3 is 0 Å². The lowest BCUT2D eigenvalue weighted by atomic mass is 9.70. The van der Waals surface area contributed by atoms with Crippen molar-refractivity contribution in [3.63, 3.8) is 0 Å². The molecule has 0 bridgehead atoms. The third kappa shape index (κ3) is 3.86. The maximum atomic E-state index is 2.69. The summed E-state index contributed by atoms with van der Waals surface area (Å²) < 4.78 is 0. The van der Waals surface area contributed by atoms with Gasteiger partial charge in [0.2, 0.25) is 0 Å². The smallest absolute Gasteiger partial charge is 0.0443 e. The molecule has 0 N–H and O–H groups in total. The van der Waals surface area contributed by atoms with Crippen LogP contribution in [0.15, 0.2) is 30.3 Å². The maximum Gasteiger partial charge on any atom is 0.0443 e. The van der Waals surface area contributed by atoms with Crippen LogP contribution in [0, 0.1) is 11.3 Å². The third-order valence-corrected chi connectivity index (χ3v) is 7.38. The van der Waals surface area contributed by atoms with Crippen LogP contribution in [0.1, 0.15) is 64.4 Å². The minimum atomic E-state index is 0.562. The van der Waals surface area contributed by atoms with Crippen molar-refractivity contribution < 1.29 is 0 Å². The maximum absolute atomic E-state index is 2.69. The van der Waals surface area contributed by atoms with Crippen molar-refractivity contribution in [2.45, 2.75) is 58.8 Å². The molecule has 2 fully saturated rings. The lowest BCUT2D eigenvalue weighted by molar-refractivity contribution is 0.238. The molecule has 1 heterocycles. The van der Waals surface area contributed by atoms with Crippen LogP contribution in [0.25, 0.3) is 5.57 Å². The van der Waals surface area contributed by atoms with E-state index in [1.54, 1.807) is 5.57 Å². The van der Waals surface area contributed by atoms with Gasteiger partial charge in [0.05, 0.1) is 0 Å². The lowest BCUT2D eigenvalue weighted by Gasteiger charge is -2.38. The third-order valence-electron chi connectivity index (χ3n) is 7.38. The summed E-state index contributed by atoms with van der Waals surface area (Å²) in [4.78, 5) is 5.33. The van der Waals surface area contributed by atoms with Gasteiger partial charge in [-0.3, -0.25) is 4.90 Å². The average molecular weight is 353 g/mol. The second-order valence-corrected chi connectivity index (χ2v) is 8.89. The number of benzene rings is 1. The monoisotopic (exact) mass is 352 g/mol. The van der Waals surface area contributed by atoms with Crippen LogP contribution < -0.4 is 4.90 Å². The van der Waals surface area contributed by atoms with E-state index in [2.05, 4.69) is 54.0 Å². The second kappa shape index (κ2) is 7.76. The highest BCUT2D eigenvalue weighted by Gasteiger charge is 2.30. The zero-order valence-electron chi connectivity index (χ0n) is 16.8. The van der Waals surface area contributed by atoms with Gasteiger partial charge in [0.1, 0.15) is 0 Å². The molecule has 0 unspecified atom stereocenters. The molecule has 2 heteroatoms. The minimum absolute atomic E-state index is 0.562. The van der Waals surface area contributed by atoms with Gasteiger partial charge in [0, 0.05) is 44.0 Å². The summed E-state index contributed by atoms with van der Waals surface area (Å²) in [6.07, 6.45) is 12.0. The van der Waals surface area contributed by atoms with E-state index >= 15 is 0 Å². The fourth-order valence-corrected chi connectivity index (χ4v) is 4.94. The van der Waals surface area contributed by atoms with E-state index < -0.39 is 0 Å². The molecule has 1 aromatic carbocycles. The largest absolute Gasteiger partial charge is 0.368 e. The Kier molecular flexibility index (Phi) is 5.40. The molecule has 4 rings (SSSR count). The first kappa shape index (κ1) is 18.1. The number of hydrogen-bond acceptors (Lipinski definition) is 2. The average Bonchev–Trinajstić information content (AvgIpc) is 3.53. The second-order valence-electron chi connectivity index (χ2n) is 8.89. The molecular formula is C24H36N2. The summed E-state index contributed by atoms with van der Waals surface area (Å²) in [5.41, 5.74) is 5.14. The molecule has 0 amide bonds. The summed E-state index contributed by atoms with van der Waals surface area (Å²) in [5, 5.41) is 0. The van der Waals surface area contributed by atoms with E-state index in [0.29, 0.717) is 5.41 Å². The standard InChI is InChI=1S/C24H36N2/c1-3-24(4-2)13-11-21(12-14-24)22-7-5-6-8-23(22)26-17-15-25(16-18-26)19-20-9-10-20/h5-8,11,20H,3-4,9-10,12-19H2,1-2H3. The molecule has 0 aromatic heterocycles. The predicted molar refractivity (Wildman–Crippen MR) is 113 cm³/mol. The first-order valence-electron chi connectivity index (χ1n) is 11.0. The van der Waals surface area contributed by atoms with E-state index in [0.717, 1.165) is 5.92 Å². The molecule has 0 spiro atoms. The van der Waals surface area contributed by atoms with Crippen LogP contribution in [-0.4, -0.2) is 37.6 Å². The molecule has 26 heavy (non-hydrogen) atoms. The summed E-state index contributed by atoms with van der Waals surface area (Å²) in [6.45, 7) is 10.9. The number of allylic oxidation sites excluding steroid dienone is 2. The Morgan fingerprint density at radius 1 is 1.00 bits per heavy atom. The predicted octanol–water partition coefficient (Wildman–Crippen LogP) is 5.59. The van der Waals surface area contributed by atoms with Crippen molar-refractivity contribution in [1.29, 1.82) is 0 Å². The lowest BCUT2D eigenvalue weighted by Crippen LogP contribution is -2.47. The Morgan fingerprint density at radius 3 is 2.35 bits per heavy atom. The molecule has 0 atom stereocenters. The Hall–Kier alpha value is -1.28. The molecule has 1 saturated carbocycles. The van der Waals surface area contributed by atoms with Crippen molar-refractivity contribution in [2.75, 3.05) is 37.6 Å². The van der Waals surface area contributed by atoms with E-state index in [1.807, 2.05) is 0 Å². The molecule has 1 aliphatic heterocycles. The van der Waals surface area contributed by atoms with Gasteiger partial charge in [-0.05, 0) is 55.1 Å². The van der Waals surface area contributed by atoms with Crippen LogP contribution in [0.3, 0.4) is 0 Å². The molecular weight excluding hydrogens is 316 g/mol. The van der Waals surface area contributed by atoms with E-state index in [-0.39, 0.29) is 0 Å². The summed E-state index contributed by atoms with van der Waals surface area (Å²) >= 11 is 0. The molecule has 1 saturated heterocycles. The van der Waals surface area contributed by atoms with Gasteiger partial charge < -0.3 is 4.90 Å². The van der Waals surface area contributed by atoms with E-state index in [4.69, 9.17) is 0 Å². The summed E-state index contributed by atoms with van der Waals surface area (Å²) in [7, 11) is 0. The molecule has 2 aliphatic carbocycles. The van der Waals surface area contributed by atoms with Gasteiger partial charge in [-0.25, -0.2) is 0 Å². The summed E-state index contributed by atoms with van der Waals surface area (Å²) in [6, 6.07) is 9.17. The number of nitrogens with zero attached hydrogens (tertiary/aromatic N) is 2. The number of hydrogen-bond donors (Lipinski definition) is 0. The highest BCUT2D eigenvalue weighted by atomic mass is 15.3. The molecule has 0 radical (unpaired) electrons. The van der Waals surface area contributed by atoms with E-state index in [1.165, 1.54) is 88.9 Å². The van der Waals surface area contributed by atoms with Crippen LogP contribution in [0.2, 0.25) is 0 Å². The SMILES string of the molecule is CCC1(CC)CC=C(c2ccccc2N2CCN(CC3CC3)CC2)CC1. The molecule has 1 aromatic rings. The topological polar surface area (TPSA) is 6.48 Å². The van der Waals surface area contributed by atoms with Crippen LogP contribution in [-0.2, 0) is 0 Å². The fourth-order valence-electron chi connectivity index (χ4n) is 4.94. The number of anilines is 1. The van der Waals surface area contributed by atoms with Crippen LogP contribution in [0.4, 0.5) is 5.69 Å². The number of piperazine rings is 1. The highest BCUT2D eigenvalue weighted by Crippen LogP contribution is 2.45. The van der Waals surface area contributed by atoms with E-state index in [9.17, 15) is 0 Å². The summed E-state index contributed by atoms with van der Waals surface area (Å²) in [5.74, 6) is 1.01. The zero-order chi connectivity index (χ0) is 18.0. The van der Waals surface area contributed by atoms with Gasteiger partial charge in [-0.15, -0.1) is 0 Å². The van der Waals surface area contributed by atoms with Crippen LogP contribution in [0.5, 0.6) is 0 Å². The van der Waals surface area contributed by atoms with Gasteiger partial charge in [0.15, 0.2) is 0 Å². The normalized spacial score (nSPS) is 23.8. The van der Waals surface area contributed by atoms with Crippen molar-refractivity contribution in [2.24, 2.45) is 11.3 Å². The van der Waals surface area contributed by atoms with Crippen molar-refractivity contribution in [1.82, 2.24) is 4.90 Å².